The van der Waals surface area contributed by atoms with Gasteiger partial charge in [0.05, 0.1) is 6.04 Å². The first-order chi connectivity index (χ1) is 9.60. The molecule has 2 aromatic rings. The van der Waals surface area contributed by atoms with E-state index in [1.807, 2.05) is 24.3 Å². The topological polar surface area (TPSA) is 55.1 Å². The van der Waals surface area contributed by atoms with Gasteiger partial charge in [0.15, 0.2) is 0 Å². The average molecular weight is 333 g/mol. The first-order valence-corrected chi connectivity index (χ1v) is 7.31. The van der Waals surface area contributed by atoms with Crippen LogP contribution in [0.25, 0.3) is 0 Å². The number of primary amides is 1. The fourth-order valence-corrected chi connectivity index (χ4v) is 2.52. The molecule has 1 unspecified atom stereocenters. The maximum atomic E-state index is 11.2. The summed E-state index contributed by atoms with van der Waals surface area (Å²) in [7, 11) is 0. The molecule has 0 aliphatic carbocycles. The van der Waals surface area contributed by atoms with E-state index in [0.717, 1.165) is 16.6 Å². The second-order valence-corrected chi connectivity index (χ2v) is 5.52. The third-order valence-corrected chi connectivity index (χ3v) is 3.64. The first-order valence-electron chi connectivity index (χ1n) is 6.52. The Morgan fingerprint density at radius 1 is 1.25 bits per heavy atom. The Kier molecular flexibility index (Phi) is 4.79. The summed E-state index contributed by atoms with van der Waals surface area (Å²) in [5.41, 5.74) is 7.91. The second-order valence-electron chi connectivity index (χ2n) is 4.61. The van der Waals surface area contributed by atoms with Gasteiger partial charge in [-0.2, -0.15) is 0 Å². The van der Waals surface area contributed by atoms with E-state index >= 15 is 0 Å². The van der Waals surface area contributed by atoms with Gasteiger partial charge in [0.1, 0.15) is 0 Å². The predicted octanol–water partition coefficient (Wildman–Crippen LogP) is 4.11. The summed E-state index contributed by atoms with van der Waals surface area (Å²) < 4.78 is 1.06. The molecule has 0 aromatic heterocycles. The molecule has 1 atom stereocenters. The highest BCUT2D eigenvalue weighted by Gasteiger charge is 2.10. The number of halogens is 1. The van der Waals surface area contributed by atoms with Gasteiger partial charge in [0, 0.05) is 15.7 Å². The van der Waals surface area contributed by atoms with Gasteiger partial charge in [-0.15, -0.1) is 0 Å². The van der Waals surface area contributed by atoms with Crippen LogP contribution in [-0.2, 0) is 0 Å². The summed E-state index contributed by atoms with van der Waals surface area (Å²) in [6.07, 6.45) is 0.942. The minimum atomic E-state index is -0.413. The van der Waals surface area contributed by atoms with Gasteiger partial charge in [0.2, 0.25) is 5.91 Å². The number of nitrogens with one attached hydrogen (secondary N) is 1. The van der Waals surface area contributed by atoms with Crippen molar-refractivity contribution >= 4 is 27.5 Å². The third kappa shape index (κ3) is 3.61. The zero-order chi connectivity index (χ0) is 14.5. The van der Waals surface area contributed by atoms with Crippen LogP contribution in [0.4, 0.5) is 5.69 Å². The lowest BCUT2D eigenvalue weighted by atomic mass is 10.0. The van der Waals surface area contributed by atoms with Gasteiger partial charge in [-0.1, -0.05) is 41.1 Å². The molecule has 0 aliphatic heterocycles. The van der Waals surface area contributed by atoms with E-state index < -0.39 is 5.91 Å². The largest absolute Gasteiger partial charge is 0.378 e. The summed E-state index contributed by atoms with van der Waals surface area (Å²) in [6.45, 7) is 2.12. The van der Waals surface area contributed by atoms with E-state index in [1.165, 1.54) is 5.56 Å². The van der Waals surface area contributed by atoms with Crippen LogP contribution in [-0.4, -0.2) is 5.91 Å². The molecule has 104 valence electrons. The Balaban J connectivity index is 2.22. The molecule has 1 amide bonds. The number of benzene rings is 2. The van der Waals surface area contributed by atoms with Crippen molar-refractivity contribution in [2.24, 2.45) is 5.73 Å². The molecule has 0 saturated heterocycles. The number of hydrogen-bond acceptors (Lipinski definition) is 2. The molecule has 0 aliphatic rings. The van der Waals surface area contributed by atoms with Crippen LogP contribution in [0.15, 0.2) is 53.0 Å². The summed E-state index contributed by atoms with van der Waals surface area (Å²) in [6, 6.07) is 15.7. The van der Waals surface area contributed by atoms with Gasteiger partial charge in [-0.25, -0.2) is 0 Å². The lowest BCUT2D eigenvalue weighted by Gasteiger charge is -2.19. The number of anilines is 1. The number of rotatable bonds is 5. The molecule has 3 nitrogen and oxygen atoms in total. The Morgan fingerprint density at radius 3 is 2.65 bits per heavy atom. The van der Waals surface area contributed by atoms with E-state index in [9.17, 15) is 4.79 Å². The lowest BCUT2D eigenvalue weighted by molar-refractivity contribution is 0.100. The monoisotopic (exact) mass is 332 g/mol. The van der Waals surface area contributed by atoms with Gasteiger partial charge in [-0.3, -0.25) is 4.79 Å². The molecule has 2 aromatic carbocycles. The fraction of sp³-hybridized carbons (Fsp3) is 0.188. The second kappa shape index (κ2) is 6.57. The Morgan fingerprint density at radius 2 is 2.00 bits per heavy atom. The fourth-order valence-electron chi connectivity index (χ4n) is 2.11. The van der Waals surface area contributed by atoms with Crippen molar-refractivity contribution < 1.29 is 4.79 Å². The maximum Gasteiger partial charge on any atom is 0.248 e. The SMILES string of the molecule is CCC(Nc1cccc(C(N)=O)c1)c1cccc(Br)c1. The minimum Gasteiger partial charge on any atom is -0.378 e. The number of carbonyl (C=O) groups is 1. The van der Waals surface area contributed by atoms with Gasteiger partial charge < -0.3 is 11.1 Å². The van der Waals surface area contributed by atoms with Crippen LogP contribution in [0.2, 0.25) is 0 Å². The number of nitrogens with two attached hydrogens (primary N) is 1. The highest BCUT2D eigenvalue weighted by molar-refractivity contribution is 9.10. The predicted molar refractivity (Wildman–Crippen MR) is 85.8 cm³/mol. The van der Waals surface area contributed by atoms with Crippen LogP contribution in [0, 0.1) is 0 Å². The van der Waals surface area contributed by atoms with E-state index in [2.05, 4.69) is 40.3 Å². The quantitative estimate of drug-likeness (QED) is 0.865. The molecular weight excluding hydrogens is 316 g/mol. The maximum absolute atomic E-state index is 11.2. The Hall–Kier alpha value is -1.81. The molecule has 0 spiro atoms. The van der Waals surface area contributed by atoms with Crippen molar-refractivity contribution in [3.05, 3.63) is 64.1 Å². The van der Waals surface area contributed by atoms with Gasteiger partial charge in [0.25, 0.3) is 0 Å². The van der Waals surface area contributed by atoms with Crippen LogP contribution >= 0.6 is 15.9 Å². The van der Waals surface area contributed by atoms with E-state index in [0.29, 0.717) is 5.56 Å². The molecule has 0 bridgehead atoms. The molecule has 20 heavy (non-hydrogen) atoms. The molecule has 0 heterocycles. The van der Waals surface area contributed by atoms with Crippen LogP contribution < -0.4 is 11.1 Å². The summed E-state index contributed by atoms with van der Waals surface area (Å²) >= 11 is 3.49. The molecule has 0 radical (unpaired) electrons. The third-order valence-electron chi connectivity index (χ3n) is 3.15. The number of hydrogen-bond donors (Lipinski definition) is 2. The number of carbonyl (C=O) groups excluding carboxylic acids is 1. The van der Waals surface area contributed by atoms with Crippen LogP contribution in [0.3, 0.4) is 0 Å². The Labute approximate surface area is 127 Å². The van der Waals surface area contributed by atoms with Crippen molar-refractivity contribution in [2.75, 3.05) is 5.32 Å². The normalized spacial score (nSPS) is 11.9. The average Bonchev–Trinajstić information content (AvgIpc) is 2.45. The standard InChI is InChI=1S/C16H17BrN2O/c1-2-15(11-5-3-7-13(17)9-11)19-14-8-4-6-12(10-14)16(18)20/h3-10,15,19H,2H2,1H3,(H2,18,20). The Bertz CT molecular complexity index is 613. The van der Waals surface area contributed by atoms with Gasteiger partial charge >= 0.3 is 0 Å². The molecule has 0 saturated carbocycles. The van der Waals surface area contributed by atoms with Gasteiger partial charge in [-0.05, 0) is 42.3 Å². The van der Waals surface area contributed by atoms with E-state index in [-0.39, 0.29) is 6.04 Å². The zero-order valence-corrected chi connectivity index (χ0v) is 12.9. The minimum absolute atomic E-state index is 0.190. The number of amides is 1. The van der Waals surface area contributed by atoms with Crippen LogP contribution in [0.5, 0.6) is 0 Å². The highest BCUT2D eigenvalue weighted by Crippen LogP contribution is 2.25. The van der Waals surface area contributed by atoms with Crippen molar-refractivity contribution in [1.82, 2.24) is 0 Å². The lowest BCUT2D eigenvalue weighted by Crippen LogP contribution is -2.13. The highest BCUT2D eigenvalue weighted by atomic mass is 79.9. The molecule has 3 N–H and O–H groups in total. The summed E-state index contributed by atoms with van der Waals surface area (Å²) in [5.74, 6) is -0.413. The van der Waals surface area contributed by atoms with E-state index in [1.54, 1.807) is 12.1 Å². The van der Waals surface area contributed by atoms with Crippen molar-refractivity contribution in [3.63, 3.8) is 0 Å². The molecule has 0 fully saturated rings. The van der Waals surface area contributed by atoms with Crippen molar-refractivity contribution in [1.29, 1.82) is 0 Å². The molecule has 4 heteroatoms. The summed E-state index contributed by atoms with van der Waals surface area (Å²) in [4.78, 5) is 11.2. The molecular formula is C16H17BrN2O. The first kappa shape index (κ1) is 14.6. The molecule has 2 rings (SSSR count). The van der Waals surface area contributed by atoms with E-state index in [4.69, 9.17) is 5.73 Å². The van der Waals surface area contributed by atoms with Crippen molar-refractivity contribution in [3.8, 4) is 0 Å². The smallest absolute Gasteiger partial charge is 0.248 e. The zero-order valence-electron chi connectivity index (χ0n) is 11.3. The van der Waals surface area contributed by atoms with Crippen LogP contribution in [0.1, 0.15) is 35.3 Å². The summed E-state index contributed by atoms with van der Waals surface area (Å²) in [5, 5.41) is 3.44. The van der Waals surface area contributed by atoms with Crippen molar-refractivity contribution in [2.45, 2.75) is 19.4 Å².